The van der Waals surface area contributed by atoms with Gasteiger partial charge < -0.3 is 9.84 Å². The van der Waals surface area contributed by atoms with Crippen molar-refractivity contribution in [3.05, 3.63) is 36.3 Å². The normalized spacial score (nSPS) is 14.5. The third-order valence-electron chi connectivity index (χ3n) is 3.77. The van der Waals surface area contributed by atoms with Gasteiger partial charge in [-0.05, 0) is 36.6 Å². The average molecular weight is 282 g/mol. The Bertz CT molecular complexity index is 824. The van der Waals surface area contributed by atoms with Crippen LogP contribution in [0.2, 0.25) is 0 Å². The van der Waals surface area contributed by atoms with Crippen molar-refractivity contribution >= 4 is 5.65 Å². The molecule has 106 valence electrons. The first-order chi connectivity index (χ1) is 10.3. The van der Waals surface area contributed by atoms with Crippen LogP contribution >= 0.6 is 0 Å². The predicted molar refractivity (Wildman–Crippen MR) is 76.4 cm³/mol. The lowest BCUT2D eigenvalue weighted by molar-refractivity contribution is 0.373. The number of hydrogen-bond donors (Lipinski definition) is 1. The van der Waals surface area contributed by atoms with Crippen molar-refractivity contribution in [1.29, 1.82) is 0 Å². The van der Waals surface area contributed by atoms with Crippen molar-refractivity contribution in [2.24, 2.45) is 0 Å². The highest BCUT2D eigenvalue weighted by atomic mass is 16.5. The van der Waals surface area contributed by atoms with Gasteiger partial charge in [-0.1, -0.05) is 6.07 Å². The molecule has 0 radical (unpaired) electrons. The summed E-state index contributed by atoms with van der Waals surface area (Å²) in [5.41, 5.74) is 3.63. The van der Waals surface area contributed by atoms with Crippen LogP contribution in [0, 0.1) is 0 Å². The summed E-state index contributed by atoms with van der Waals surface area (Å²) in [6.07, 6.45) is 3.97. The number of hydrogen-bond acceptors (Lipinski definition) is 5. The highest BCUT2D eigenvalue weighted by Crippen LogP contribution is 2.41. The minimum atomic E-state index is 0.121. The van der Waals surface area contributed by atoms with E-state index in [-0.39, 0.29) is 5.75 Å². The molecule has 6 nitrogen and oxygen atoms in total. The summed E-state index contributed by atoms with van der Waals surface area (Å²) in [4.78, 5) is 0. The molecule has 1 fully saturated rings. The quantitative estimate of drug-likeness (QED) is 0.798. The lowest BCUT2D eigenvalue weighted by atomic mass is 10.0. The first-order valence-corrected chi connectivity index (χ1v) is 6.84. The number of aromatic hydroxyl groups is 1. The Morgan fingerprint density at radius 3 is 2.90 bits per heavy atom. The number of fused-ring (bicyclic) bond motifs is 1. The highest BCUT2D eigenvalue weighted by Gasteiger charge is 2.27. The fourth-order valence-electron chi connectivity index (χ4n) is 2.48. The molecule has 1 aliphatic rings. The molecule has 0 aliphatic heterocycles. The Labute approximate surface area is 121 Å². The van der Waals surface area contributed by atoms with E-state index in [2.05, 4.69) is 21.4 Å². The van der Waals surface area contributed by atoms with E-state index in [4.69, 9.17) is 4.74 Å². The Morgan fingerprint density at radius 1 is 1.29 bits per heavy atom. The number of phenols is 1. The maximum absolute atomic E-state index is 9.74. The fraction of sp³-hybridized carbons (Fsp3) is 0.267. The lowest BCUT2D eigenvalue weighted by Crippen LogP contribution is -1.98. The van der Waals surface area contributed by atoms with Crippen LogP contribution in [0.1, 0.15) is 24.5 Å². The fourth-order valence-corrected chi connectivity index (χ4v) is 2.48. The molecule has 1 N–H and O–H groups in total. The predicted octanol–water partition coefficient (Wildman–Crippen LogP) is 2.38. The van der Waals surface area contributed by atoms with E-state index in [1.54, 1.807) is 23.0 Å². The molecule has 3 aromatic rings. The number of methoxy groups -OCH3 is 1. The second-order valence-corrected chi connectivity index (χ2v) is 5.24. The van der Waals surface area contributed by atoms with Gasteiger partial charge in [0.25, 0.3) is 0 Å². The second-order valence-electron chi connectivity index (χ2n) is 5.24. The van der Waals surface area contributed by atoms with Crippen LogP contribution in [0.3, 0.4) is 0 Å². The van der Waals surface area contributed by atoms with Crippen molar-refractivity contribution < 1.29 is 9.84 Å². The van der Waals surface area contributed by atoms with Crippen LogP contribution in [0.4, 0.5) is 0 Å². The molecule has 21 heavy (non-hydrogen) atoms. The van der Waals surface area contributed by atoms with Gasteiger partial charge in [0.15, 0.2) is 17.1 Å². The summed E-state index contributed by atoms with van der Waals surface area (Å²) in [6, 6.07) is 7.33. The number of phenolic OH excluding ortho intramolecular Hbond substituents is 1. The largest absolute Gasteiger partial charge is 0.504 e. The van der Waals surface area contributed by atoms with Gasteiger partial charge in [-0.15, -0.1) is 10.2 Å². The van der Waals surface area contributed by atoms with E-state index >= 15 is 0 Å². The van der Waals surface area contributed by atoms with Crippen LogP contribution < -0.4 is 4.74 Å². The molecular formula is C15H14N4O2. The zero-order chi connectivity index (χ0) is 14.4. The number of nitrogens with zero attached hydrogens (tertiary/aromatic N) is 4. The van der Waals surface area contributed by atoms with Gasteiger partial charge in [0.1, 0.15) is 6.33 Å². The Balaban J connectivity index is 1.94. The van der Waals surface area contributed by atoms with Gasteiger partial charge in [0.2, 0.25) is 0 Å². The number of ether oxygens (including phenoxy) is 1. The Hall–Kier alpha value is -2.63. The van der Waals surface area contributed by atoms with E-state index in [0.717, 1.165) is 16.8 Å². The molecular weight excluding hydrogens is 268 g/mol. The van der Waals surface area contributed by atoms with Gasteiger partial charge in [-0.3, -0.25) is 0 Å². The number of benzene rings is 1. The molecule has 2 aromatic heterocycles. The first-order valence-electron chi connectivity index (χ1n) is 6.84. The molecule has 0 saturated heterocycles. The van der Waals surface area contributed by atoms with E-state index < -0.39 is 0 Å². The second kappa shape index (κ2) is 4.44. The van der Waals surface area contributed by atoms with Gasteiger partial charge in [-0.25, -0.2) is 0 Å². The van der Waals surface area contributed by atoms with Gasteiger partial charge in [0, 0.05) is 11.5 Å². The molecule has 0 bridgehead atoms. The molecule has 0 atom stereocenters. The molecule has 2 heterocycles. The molecule has 6 heteroatoms. The van der Waals surface area contributed by atoms with E-state index in [1.807, 2.05) is 6.07 Å². The summed E-state index contributed by atoms with van der Waals surface area (Å²) in [5, 5.41) is 22.4. The van der Waals surface area contributed by atoms with Crippen molar-refractivity contribution in [1.82, 2.24) is 19.8 Å². The molecule has 1 aliphatic carbocycles. The third kappa shape index (κ3) is 1.99. The van der Waals surface area contributed by atoms with Crippen molar-refractivity contribution in [3.8, 4) is 22.6 Å². The SMILES string of the molecule is COc1cc(-c2cc(C3CC3)nn3cnnc23)ccc1O. The van der Waals surface area contributed by atoms with Gasteiger partial charge in [0.05, 0.1) is 12.8 Å². The zero-order valence-electron chi connectivity index (χ0n) is 11.5. The zero-order valence-corrected chi connectivity index (χ0v) is 11.5. The highest BCUT2D eigenvalue weighted by molar-refractivity contribution is 5.78. The van der Waals surface area contributed by atoms with Gasteiger partial charge in [-0.2, -0.15) is 9.61 Å². The smallest absolute Gasteiger partial charge is 0.185 e. The molecule has 1 aromatic carbocycles. The minimum absolute atomic E-state index is 0.121. The summed E-state index contributed by atoms with van der Waals surface area (Å²) >= 11 is 0. The monoisotopic (exact) mass is 282 g/mol. The van der Waals surface area contributed by atoms with Crippen LogP contribution in [-0.4, -0.2) is 32.0 Å². The molecule has 0 unspecified atom stereocenters. The molecule has 0 spiro atoms. The number of rotatable bonds is 3. The average Bonchev–Trinajstić information content (AvgIpc) is 3.25. The number of aromatic nitrogens is 4. The van der Waals surface area contributed by atoms with E-state index in [0.29, 0.717) is 17.3 Å². The standard InChI is InChI=1S/C15H14N4O2/c1-21-14-6-10(4-5-13(14)20)11-7-12(9-2-3-9)18-19-8-16-17-15(11)19/h4-9,20H,2-3H2,1H3. The first kappa shape index (κ1) is 12.1. The van der Waals surface area contributed by atoms with Crippen LogP contribution in [0.25, 0.3) is 16.8 Å². The van der Waals surface area contributed by atoms with Crippen molar-refractivity contribution in [2.75, 3.05) is 7.11 Å². The van der Waals surface area contributed by atoms with E-state index in [9.17, 15) is 5.11 Å². The van der Waals surface area contributed by atoms with Crippen LogP contribution in [0.5, 0.6) is 11.5 Å². The van der Waals surface area contributed by atoms with Crippen molar-refractivity contribution in [3.63, 3.8) is 0 Å². The minimum Gasteiger partial charge on any atom is -0.504 e. The Morgan fingerprint density at radius 2 is 2.14 bits per heavy atom. The molecule has 4 rings (SSSR count). The summed E-state index contributed by atoms with van der Waals surface area (Å²) < 4.78 is 6.89. The van der Waals surface area contributed by atoms with Crippen LogP contribution in [-0.2, 0) is 0 Å². The molecule has 1 saturated carbocycles. The lowest BCUT2D eigenvalue weighted by Gasteiger charge is -2.09. The third-order valence-corrected chi connectivity index (χ3v) is 3.77. The summed E-state index contributed by atoms with van der Waals surface area (Å²) in [6.45, 7) is 0. The Kier molecular flexibility index (Phi) is 2.57. The molecule has 0 amide bonds. The van der Waals surface area contributed by atoms with Crippen LogP contribution in [0.15, 0.2) is 30.6 Å². The van der Waals surface area contributed by atoms with Crippen molar-refractivity contribution in [2.45, 2.75) is 18.8 Å². The summed E-state index contributed by atoms with van der Waals surface area (Å²) in [5.74, 6) is 1.10. The topological polar surface area (TPSA) is 72.5 Å². The summed E-state index contributed by atoms with van der Waals surface area (Å²) in [7, 11) is 1.54. The van der Waals surface area contributed by atoms with Gasteiger partial charge >= 0.3 is 0 Å². The maximum Gasteiger partial charge on any atom is 0.185 e. The van der Waals surface area contributed by atoms with E-state index in [1.165, 1.54) is 20.0 Å². The maximum atomic E-state index is 9.74.